The number of alkyl halides is 3. The molecule has 0 spiro atoms. The van der Waals surface area contributed by atoms with E-state index in [1.165, 1.54) is 6.07 Å². The molecule has 0 heterocycles. The van der Waals surface area contributed by atoms with Crippen LogP contribution in [0.3, 0.4) is 0 Å². The smallest absolute Gasteiger partial charge is 0.324 e. The summed E-state index contributed by atoms with van der Waals surface area (Å²) in [5, 5.41) is 0. The van der Waals surface area contributed by atoms with Gasteiger partial charge in [-0.1, -0.05) is 23.8 Å². The molecule has 2 N–H and O–H groups in total. The van der Waals surface area contributed by atoms with Gasteiger partial charge in [0.05, 0.1) is 0 Å². The first-order valence-electron chi connectivity index (χ1n) is 5.04. The molecule has 0 aliphatic rings. The van der Waals surface area contributed by atoms with Crippen molar-refractivity contribution >= 4 is 24.2 Å². The van der Waals surface area contributed by atoms with Crippen molar-refractivity contribution in [2.45, 2.75) is 29.8 Å². The van der Waals surface area contributed by atoms with Crippen LogP contribution in [0.25, 0.3) is 0 Å². The van der Waals surface area contributed by atoms with Gasteiger partial charge in [-0.3, -0.25) is 0 Å². The molecule has 0 saturated carbocycles. The lowest BCUT2D eigenvalue weighted by Crippen LogP contribution is -2.12. The predicted octanol–water partition coefficient (Wildman–Crippen LogP) is 4.69. The molecule has 6 heteroatoms. The van der Waals surface area contributed by atoms with Crippen LogP contribution in [0, 0.1) is 0 Å². The van der Waals surface area contributed by atoms with E-state index >= 15 is 0 Å². The van der Waals surface area contributed by atoms with Gasteiger partial charge in [-0.15, -0.1) is 19.0 Å². The minimum absolute atomic E-state index is 0. The van der Waals surface area contributed by atoms with Crippen molar-refractivity contribution < 1.29 is 13.2 Å². The molecule has 1 aromatic carbocycles. The fourth-order valence-electron chi connectivity index (χ4n) is 1.49. The van der Waals surface area contributed by atoms with Crippen LogP contribution in [0.15, 0.2) is 41.3 Å². The lowest BCUT2D eigenvalue weighted by atomic mass is 10.0. The highest BCUT2D eigenvalue weighted by molar-refractivity contribution is 8.00. The largest absolute Gasteiger partial charge is 0.446 e. The minimum atomic E-state index is -4.29. The van der Waals surface area contributed by atoms with E-state index in [0.717, 1.165) is 5.57 Å². The number of hydrogen-bond donors (Lipinski definition) is 1. The summed E-state index contributed by atoms with van der Waals surface area (Å²) in [6.07, 6.45) is 0.482. The van der Waals surface area contributed by atoms with Crippen LogP contribution in [-0.4, -0.2) is 5.51 Å². The SMILES string of the molecule is C=C(C)C[C@@H](N)c1ccccc1SC(F)(F)F.Cl. The number of hydrogen-bond acceptors (Lipinski definition) is 2. The Morgan fingerprint density at radius 1 is 1.39 bits per heavy atom. The Morgan fingerprint density at radius 3 is 2.44 bits per heavy atom. The standard InChI is InChI=1S/C12H14F3NS.ClH/c1-8(2)7-10(16)9-5-3-4-6-11(9)17-12(13,14)15;/h3-6,10H,1,7,16H2,2H3;1H/t10-;/m1./s1. The van der Waals surface area contributed by atoms with E-state index in [1.54, 1.807) is 25.1 Å². The average Bonchev–Trinajstić information content (AvgIpc) is 2.14. The van der Waals surface area contributed by atoms with Crippen molar-refractivity contribution in [3.8, 4) is 0 Å². The maximum absolute atomic E-state index is 12.4. The van der Waals surface area contributed by atoms with E-state index in [-0.39, 0.29) is 29.1 Å². The molecule has 0 bridgehead atoms. The highest BCUT2D eigenvalue weighted by Gasteiger charge is 2.30. The van der Waals surface area contributed by atoms with Gasteiger partial charge in [-0.2, -0.15) is 13.2 Å². The number of rotatable bonds is 4. The van der Waals surface area contributed by atoms with E-state index in [0.29, 0.717) is 12.0 Å². The molecule has 0 amide bonds. The number of thioether (sulfide) groups is 1. The molecule has 0 aromatic heterocycles. The van der Waals surface area contributed by atoms with Crippen LogP contribution in [-0.2, 0) is 0 Å². The average molecular weight is 298 g/mol. The third-order valence-corrected chi connectivity index (χ3v) is 2.94. The fourth-order valence-corrected chi connectivity index (χ4v) is 2.22. The predicted molar refractivity (Wildman–Crippen MR) is 72.0 cm³/mol. The Morgan fingerprint density at radius 2 is 1.94 bits per heavy atom. The Balaban J connectivity index is 0.00000289. The summed E-state index contributed by atoms with van der Waals surface area (Å²) in [6.45, 7) is 5.52. The molecular formula is C12H15ClF3NS. The summed E-state index contributed by atoms with van der Waals surface area (Å²) >= 11 is -0.127. The Kier molecular flexibility index (Phi) is 6.81. The van der Waals surface area contributed by atoms with Crippen LogP contribution in [0.1, 0.15) is 24.9 Å². The topological polar surface area (TPSA) is 26.0 Å². The number of halogens is 4. The summed E-state index contributed by atoms with van der Waals surface area (Å²) in [5.41, 5.74) is 2.94. The van der Waals surface area contributed by atoms with Crippen LogP contribution < -0.4 is 5.73 Å². The Hall–Kier alpha value is -0.650. The van der Waals surface area contributed by atoms with E-state index in [2.05, 4.69) is 6.58 Å². The molecule has 0 saturated heterocycles. The molecule has 1 aromatic rings. The van der Waals surface area contributed by atoms with Crippen LogP contribution in [0.4, 0.5) is 13.2 Å². The Labute approximate surface area is 115 Å². The molecule has 0 fully saturated rings. The normalized spacial score (nSPS) is 12.7. The molecule has 0 aliphatic heterocycles. The second-order valence-corrected chi connectivity index (χ2v) is 4.96. The zero-order valence-electron chi connectivity index (χ0n) is 9.83. The molecule has 1 nitrogen and oxygen atoms in total. The Bertz CT molecular complexity index is 407. The van der Waals surface area contributed by atoms with Gasteiger partial charge in [0.1, 0.15) is 0 Å². The van der Waals surface area contributed by atoms with E-state index < -0.39 is 11.6 Å². The first-order valence-corrected chi connectivity index (χ1v) is 5.86. The zero-order valence-corrected chi connectivity index (χ0v) is 11.5. The van der Waals surface area contributed by atoms with Crippen molar-refractivity contribution in [3.05, 3.63) is 42.0 Å². The van der Waals surface area contributed by atoms with Crippen LogP contribution in [0.2, 0.25) is 0 Å². The molecule has 0 radical (unpaired) electrons. The maximum Gasteiger partial charge on any atom is 0.446 e. The van der Waals surface area contributed by atoms with Crippen molar-refractivity contribution in [2.75, 3.05) is 0 Å². The van der Waals surface area contributed by atoms with E-state index in [9.17, 15) is 13.2 Å². The van der Waals surface area contributed by atoms with Gasteiger partial charge >= 0.3 is 5.51 Å². The third-order valence-electron chi connectivity index (χ3n) is 2.11. The molecule has 0 aliphatic carbocycles. The summed E-state index contributed by atoms with van der Waals surface area (Å²) in [6, 6.07) is 5.88. The van der Waals surface area contributed by atoms with Gasteiger partial charge in [0.15, 0.2) is 0 Å². The summed E-state index contributed by atoms with van der Waals surface area (Å²) in [4.78, 5) is 0.161. The van der Waals surface area contributed by atoms with Gasteiger partial charge < -0.3 is 5.73 Å². The van der Waals surface area contributed by atoms with Gasteiger partial charge in [0.25, 0.3) is 0 Å². The van der Waals surface area contributed by atoms with Gasteiger partial charge in [-0.05, 0) is 36.7 Å². The zero-order chi connectivity index (χ0) is 13.1. The summed E-state index contributed by atoms with van der Waals surface area (Å²) in [7, 11) is 0. The molecule has 1 atom stereocenters. The minimum Gasteiger partial charge on any atom is -0.324 e. The van der Waals surface area contributed by atoms with Crippen LogP contribution >= 0.6 is 24.2 Å². The lowest BCUT2D eigenvalue weighted by Gasteiger charge is -2.16. The van der Waals surface area contributed by atoms with E-state index in [1.807, 2.05) is 0 Å². The first kappa shape index (κ1) is 17.4. The monoisotopic (exact) mass is 297 g/mol. The van der Waals surface area contributed by atoms with Crippen molar-refractivity contribution in [1.29, 1.82) is 0 Å². The van der Waals surface area contributed by atoms with Crippen molar-refractivity contribution in [3.63, 3.8) is 0 Å². The fraction of sp³-hybridized carbons (Fsp3) is 0.333. The van der Waals surface area contributed by atoms with Crippen molar-refractivity contribution in [2.24, 2.45) is 5.73 Å². The summed E-state index contributed by atoms with van der Waals surface area (Å²) in [5.74, 6) is 0. The first-order chi connectivity index (χ1) is 7.79. The van der Waals surface area contributed by atoms with E-state index in [4.69, 9.17) is 5.73 Å². The highest BCUT2D eigenvalue weighted by Crippen LogP contribution is 2.40. The second kappa shape index (κ2) is 7.07. The molecule has 0 unspecified atom stereocenters. The highest BCUT2D eigenvalue weighted by atomic mass is 35.5. The van der Waals surface area contributed by atoms with Gasteiger partial charge in [0, 0.05) is 10.9 Å². The van der Waals surface area contributed by atoms with Gasteiger partial charge in [-0.25, -0.2) is 0 Å². The molecule has 102 valence electrons. The van der Waals surface area contributed by atoms with Crippen LogP contribution in [0.5, 0.6) is 0 Å². The second-order valence-electron chi connectivity index (χ2n) is 3.85. The third kappa shape index (κ3) is 5.80. The van der Waals surface area contributed by atoms with Gasteiger partial charge in [0.2, 0.25) is 0 Å². The van der Waals surface area contributed by atoms with Crippen molar-refractivity contribution in [1.82, 2.24) is 0 Å². The molecule has 18 heavy (non-hydrogen) atoms. The molecule has 1 rings (SSSR count). The maximum atomic E-state index is 12.4. The lowest BCUT2D eigenvalue weighted by molar-refractivity contribution is -0.0328. The number of benzene rings is 1. The number of nitrogens with two attached hydrogens (primary N) is 1. The summed E-state index contributed by atoms with van der Waals surface area (Å²) < 4.78 is 37.1. The quantitative estimate of drug-likeness (QED) is 0.645. The molecular weight excluding hydrogens is 283 g/mol.